The largest absolute Gasteiger partial charge is 0.491 e. The van der Waals surface area contributed by atoms with E-state index in [2.05, 4.69) is 4.74 Å². The minimum atomic E-state index is -0.833. The Labute approximate surface area is 86.8 Å². The van der Waals surface area contributed by atoms with Gasteiger partial charge in [-0.15, -0.1) is 0 Å². The second-order valence-electron chi connectivity index (χ2n) is 2.89. The van der Waals surface area contributed by atoms with Crippen LogP contribution >= 0.6 is 0 Å². The third kappa shape index (κ3) is 3.55. The molecule has 4 nitrogen and oxygen atoms in total. The van der Waals surface area contributed by atoms with Gasteiger partial charge in [-0.25, -0.2) is 4.39 Å². The van der Waals surface area contributed by atoms with Gasteiger partial charge in [-0.2, -0.15) is 0 Å². The normalized spacial score (nSPS) is 11.9. The molecule has 0 saturated heterocycles. The Morgan fingerprint density at radius 3 is 2.60 bits per heavy atom. The monoisotopic (exact) mass is 213 g/mol. The fraction of sp³-hybridized carbons (Fsp3) is 0.300. The van der Waals surface area contributed by atoms with E-state index in [0.29, 0.717) is 5.75 Å². The van der Waals surface area contributed by atoms with Crippen molar-refractivity contribution in [1.82, 2.24) is 0 Å². The summed E-state index contributed by atoms with van der Waals surface area (Å²) in [6.07, 6.45) is 0. The van der Waals surface area contributed by atoms with Gasteiger partial charge in [0.1, 0.15) is 24.2 Å². The quantitative estimate of drug-likeness (QED) is 0.748. The number of halogens is 1. The molecule has 0 amide bonds. The summed E-state index contributed by atoms with van der Waals surface area (Å²) in [6, 6.07) is 4.61. The van der Waals surface area contributed by atoms with E-state index in [-0.39, 0.29) is 12.4 Å². The lowest BCUT2D eigenvalue weighted by atomic mass is 10.3. The van der Waals surface area contributed by atoms with Gasteiger partial charge in [0.2, 0.25) is 0 Å². The average molecular weight is 213 g/mol. The summed E-state index contributed by atoms with van der Waals surface area (Å²) in [4.78, 5) is 10.9. The summed E-state index contributed by atoms with van der Waals surface area (Å²) in [7, 11) is 1.25. The van der Waals surface area contributed by atoms with Crippen LogP contribution in [0.15, 0.2) is 24.3 Å². The summed E-state index contributed by atoms with van der Waals surface area (Å²) in [6.45, 7) is -0.00168. The first-order valence-corrected chi connectivity index (χ1v) is 4.35. The highest BCUT2D eigenvalue weighted by molar-refractivity contribution is 5.75. The Hall–Kier alpha value is -1.62. The molecule has 1 atom stereocenters. The zero-order chi connectivity index (χ0) is 11.3. The standard InChI is InChI=1S/C10H12FNO3/c1-14-10(13)9(12)6-15-8-4-2-7(11)3-5-8/h2-5,9H,6,12H2,1H3/t9-/m0/s1. The number of carbonyl (C=O) groups excluding carboxylic acids is 1. The molecule has 1 aromatic carbocycles. The molecule has 5 heteroatoms. The molecule has 15 heavy (non-hydrogen) atoms. The van der Waals surface area contributed by atoms with Crippen molar-refractivity contribution < 1.29 is 18.7 Å². The molecule has 2 N–H and O–H groups in total. The molecule has 1 rings (SSSR count). The zero-order valence-electron chi connectivity index (χ0n) is 8.27. The molecule has 0 aliphatic heterocycles. The maximum absolute atomic E-state index is 12.5. The minimum Gasteiger partial charge on any atom is -0.491 e. The van der Waals surface area contributed by atoms with Crippen LogP contribution in [-0.4, -0.2) is 25.7 Å². The SMILES string of the molecule is COC(=O)[C@@H](N)COc1ccc(F)cc1. The third-order valence-electron chi connectivity index (χ3n) is 1.75. The van der Waals surface area contributed by atoms with Crippen LogP contribution in [-0.2, 0) is 9.53 Å². The van der Waals surface area contributed by atoms with E-state index in [1.165, 1.54) is 31.4 Å². The van der Waals surface area contributed by atoms with Crippen LogP contribution in [0.4, 0.5) is 4.39 Å². The smallest absolute Gasteiger partial charge is 0.326 e. The lowest BCUT2D eigenvalue weighted by Gasteiger charge is -2.10. The van der Waals surface area contributed by atoms with Crippen molar-refractivity contribution in [3.8, 4) is 5.75 Å². The van der Waals surface area contributed by atoms with E-state index < -0.39 is 12.0 Å². The topological polar surface area (TPSA) is 61.5 Å². The summed E-state index contributed by atoms with van der Waals surface area (Å²) in [5, 5.41) is 0. The number of rotatable bonds is 4. The summed E-state index contributed by atoms with van der Waals surface area (Å²) >= 11 is 0. The van der Waals surface area contributed by atoms with Crippen molar-refractivity contribution in [2.75, 3.05) is 13.7 Å². The predicted octanol–water partition coefficient (Wildman–Crippen LogP) is 0.705. The molecule has 0 aliphatic rings. The Morgan fingerprint density at radius 2 is 2.07 bits per heavy atom. The molecule has 0 spiro atoms. The van der Waals surface area contributed by atoms with Crippen molar-refractivity contribution in [2.45, 2.75) is 6.04 Å². The van der Waals surface area contributed by atoms with Crippen molar-refractivity contribution in [1.29, 1.82) is 0 Å². The molecule has 0 radical (unpaired) electrons. The molecular formula is C10H12FNO3. The fourth-order valence-corrected chi connectivity index (χ4v) is 0.936. The van der Waals surface area contributed by atoms with E-state index >= 15 is 0 Å². The second kappa shape index (κ2) is 5.31. The van der Waals surface area contributed by atoms with E-state index in [1.807, 2.05) is 0 Å². The summed E-state index contributed by atoms with van der Waals surface area (Å²) in [5.41, 5.74) is 5.43. The van der Waals surface area contributed by atoms with E-state index in [4.69, 9.17) is 10.5 Å². The van der Waals surface area contributed by atoms with Gasteiger partial charge >= 0.3 is 5.97 Å². The van der Waals surface area contributed by atoms with Crippen LogP contribution in [0.1, 0.15) is 0 Å². The van der Waals surface area contributed by atoms with Gasteiger partial charge in [-0.1, -0.05) is 0 Å². The van der Waals surface area contributed by atoms with Crippen LogP contribution in [0.25, 0.3) is 0 Å². The zero-order valence-corrected chi connectivity index (χ0v) is 8.27. The molecule has 1 aromatic rings. The first-order chi connectivity index (χ1) is 7.13. The molecule has 0 aromatic heterocycles. The lowest BCUT2D eigenvalue weighted by Crippen LogP contribution is -2.37. The van der Waals surface area contributed by atoms with E-state index in [9.17, 15) is 9.18 Å². The minimum absolute atomic E-state index is 0.00168. The van der Waals surface area contributed by atoms with E-state index in [0.717, 1.165) is 0 Å². The second-order valence-corrected chi connectivity index (χ2v) is 2.89. The van der Waals surface area contributed by atoms with Crippen molar-refractivity contribution in [2.24, 2.45) is 5.73 Å². The van der Waals surface area contributed by atoms with Gasteiger partial charge < -0.3 is 15.2 Å². The highest BCUT2D eigenvalue weighted by Crippen LogP contribution is 2.10. The number of methoxy groups -OCH3 is 1. The Balaban J connectivity index is 2.43. The Kier molecular flexibility index (Phi) is 4.05. The third-order valence-corrected chi connectivity index (χ3v) is 1.75. The average Bonchev–Trinajstić information content (AvgIpc) is 2.26. The lowest BCUT2D eigenvalue weighted by molar-refractivity contribution is -0.142. The summed E-state index contributed by atoms with van der Waals surface area (Å²) < 4.78 is 22.1. The number of hydrogen-bond donors (Lipinski definition) is 1. The number of ether oxygens (including phenoxy) is 2. The molecule has 82 valence electrons. The number of esters is 1. The van der Waals surface area contributed by atoms with Gasteiger partial charge in [0.25, 0.3) is 0 Å². The van der Waals surface area contributed by atoms with Gasteiger partial charge in [0, 0.05) is 0 Å². The first kappa shape index (κ1) is 11.5. The maximum Gasteiger partial charge on any atom is 0.326 e. The molecule has 0 bridgehead atoms. The van der Waals surface area contributed by atoms with Crippen LogP contribution < -0.4 is 10.5 Å². The number of nitrogens with two attached hydrogens (primary N) is 1. The Morgan fingerprint density at radius 1 is 1.47 bits per heavy atom. The molecule has 0 heterocycles. The van der Waals surface area contributed by atoms with E-state index in [1.54, 1.807) is 0 Å². The van der Waals surface area contributed by atoms with Gasteiger partial charge in [0.05, 0.1) is 7.11 Å². The van der Waals surface area contributed by atoms with Gasteiger partial charge in [0.15, 0.2) is 0 Å². The van der Waals surface area contributed by atoms with Crippen LogP contribution in [0, 0.1) is 5.82 Å². The molecule has 0 unspecified atom stereocenters. The van der Waals surface area contributed by atoms with Crippen molar-refractivity contribution >= 4 is 5.97 Å². The van der Waals surface area contributed by atoms with Crippen LogP contribution in [0.2, 0.25) is 0 Å². The highest BCUT2D eigenvalue weighted by Gasteiger charge is 2.13. The molecule has 0 aliphatic carbocycles. The number of carbonyl (C=O) groups is 1. The first-order valence-electron chi connectivity index (χ1n) is 4.35. The van der Waals surface area contributed by atoms with Crippen LogP contribution in [0.3, 0.4) is 0 Å². The maximum atomic E-state index is 12.5. The van der Waals surface area contributed by atoms with Crippen LogP contribution in [0.5, 0.6) is 5.75 Å². The summed E-state index contributed by atoms with van der Waals surface area (Å²) in [5.74, 6) is -0.438. The fourth-order valence-electron chi connectivity index (χ4n) is 0.936. The number of hydrogen-bond acceptors (Lipinski definition) is 4. The van der Waals surface area contributed by atoms with Crippen molar-refractivity contribution in [3.63, 3.8) is 0 Å². The molecular weight excluding hydrogens is 201 g/mol. The Bertz CT molecular complexity index is 326. The van der Waals surface area contributed by atoms with Gasteiger partial charge in [-0.3, -0.25) is 4.79 Å². The van der Waals surface area contributed by atoms with Crippen molar-refractivity contribution in [3.05, 3.63) is 30.1 Å². The highest BCUT2D eigenvalue weighted by atomic mass is 19.1. The molecule has 0 fully saturated rings. The predicted molar refractivity (Wildman–Crippen MR) is 51.9 cm³/mol. The molecule has 0 saturated carbocycles. The van der Waals surface area contributed by atoms with Gasteiger partial charge in [-0.05, 0) is 24.3 Å². The number of benzene rings is 1.